The third kappa shape index (κ3) is 5.15. The van der Waals surface area contributed by atoms with Crippen molar-refractivity contribution in [1.82, 2.24) is 4.90 Å². The molecule has 0 spiro atoms. The quantitative estimate of drug-likeness (QED) is 0.327. The Hall–Kier alpha value is 0.864. The van der Waals surface area contributed by atoms with E-state index in [0.29, 0.717) is 0 Å². The van der Waals surface area contributed by atoms with Crippen LogP contribution in [0.2, 0.25) is 0 Å². The maximum Gasteiger partial charge on any atom is 0.0908 e. The molecule has 7 heteroatoms. The van der Waals surface area contributed by atoms with Gasteiger partial charge in [-0.25, -0.2) is 0 Å². The molecule has 6 nitrogen and oxygen atoms in total. The second kappa shape index (κ2) is 10.0. The minimum atomic E-state index is -1.18. The van der Waals surface area contributed by atoms with Crippen LogP contribution in [0.4, 0.5) is 0 Å². The van der Waals surface area contributed by atoms with Gasteiger partial charge in [0.15, 0.2) is 0 Å². The number of hydrogen-bond acceptors (Lipinski definition) is 6. The SMILES string of the molecule is OCCN(CCO)C(CO)(CO)CO.[Y]. The Morgan fingerprint density at radius 2 is 1.07 bits per heavy atom. The Morgan fingerprint density at radius 1 is 0.733 bits per heavy atom. The van der Waals surface area contributed by atoms with Crippen molar-refractivity contribution in [3.05, 3.63) is 0 Å². The normalized spacial score (nSPS) is 11.6. The van der Waals surface area contributed by atoms with Crippen LogP contribution in [0.5, 0.6) is 0 Å². The Labute approximate surface area is 114 Å². The topological polar surface area (TPSA) is 104 Å². The van der Waals surface area contributed by atoms with E-state index in [9.17, 15) is 0 Å². The van der Waals surface area contributed by atoms with E-state index in [-0.39, 0.29) is 59.0 Å². The predicted octanol–water partition coefficient (Wildman–Crippen LogP) is -3.01. The molecule has 0 rings (SSSR count). The van der Waals surface area contributed by atoms with Crippen LogP contribution in [0.25, 0.3) is 0 Å². The van der Waals surface area contributed by atoms with Gasteiger partial charge in [0.1, 0.15) is 0 Å². The van der Waals surface area contributed by atoms with Crippen LogP contribution in [0.3, 0.4) is 0 Å². The third-order valence-corrected chi connectivity index (χ3v) is 2.29. The number of aliphatic hydroxyl groups excluding tert-OH is 5. The number of rotatable bonds is 8. The molecule has 0 aliphatic carbocycles. The Balaban J connectivity index is 0. The summed E-state index contributed by atoms with van der Waals surface area (Å²) in [6.45, 7) is -1.26. The van der Waals surface area contributed by atoms with E-state index < -0.39 is 25.4 Å². The largest absolute Gasteiger partial charge is 0.395 e. The van der Waals surface area contributed by atoms with Crippen molar-refractivity contribution in [1.29, 1.82) is 0 Å². The minimum Gasteiger partial charge on any atom is -0.395 e. The molecular formula is C8H19NO5Y. The summed E-state index contributed by atoms with van der Waals surface area (Å²) in [6.07, 6.45) is 0. The van der Waals surface area contributed by atoms with E-state index in [1.807, 2.05) is 0 Å². The van der Waals surface area contributed by atoms with Gasteiger partial charge in [-0.3, -0.25) is 4.90 Å². The van der Waals surface area contributed by atoms with E-state index in [0.717, 1.165) is 0 Å². The van der Waals surface area contributed by atoms with E-state index in [4.69, 9.17) is 25.5 Å². The molecule has 15 heavy (non-hydrogen) atoms. The molecular weight excluding hydrogens is 279 g/mol. The van der Waals surface area contributed by atoms with Crippen molar-refractivity contribution in [3.63, 3.8) is 0 Å². The average molecular weight is 298 g/mol. The van der Waals surface area contributed by atoms with Gasteiger partial charge in [0.05, 0.1) is 38.6 Å². The van der Waals surface area contributed by atoms with Gasteiger partial charge in [-0.15, -0.1) is 0 Å². The van der Waals surface area contributed by atoms with Crippen LogP contribution in [0, 0.1) is 0 Å². The predicted molar refractivity (Wildman–Crippen MR) is 49.7 cm³/mol. The molecule has 0 aromatic carbocycles. The molecule has 0 atom stereocenters. The molecule has 0 amide bonds. The fourth-order valence-corrected chi connectivity index (χ4v) is 1.28. The van der Waals surface area contributed by atoms with Crippen molar-refractivity contribution in [2.75, 3.05) is 46.1 Å². The molecule has 0 aliphatic rings. The molecule has 0 bridgehead atoms. The summed E-state index contributed by atoms with van der Waals surface area (Å²) in [5.41, 5.74) is -1.18. The first-order valence-electron chi connectivity index (χ1n) is 4.50. The number of aliphatic hydroxyl groups is 5. The third-order valence-electron chi connectivity index (χ3n) is 2.29. The zero-order valence-corrected chi connectivity index (χ0v) is 11.5. The van der Waals surface area contributed by atoms with Gasteiger partial charge in [-0.2, -0.15) is 0 Å². The zero-order chi connectivity index (χ0) is 11.0. The second-order valence-electron chi connectivity index (χ2n) is 3.13. The Bertz CT molecular complexity index is 131. The Morgan fingerprint density at radius 3 is 1.27 bits per heavy atom. The van der Waals surface area contributed by atoms with Crippen LogP contribution in [0.1, 0.15) is 0 Å². The van der Waals surface area contributed by atoms with Crippen LogP contribution in [0.15, 0.2) is 0 Å². The number of hydrogen-bond donors (Lipinski definition) is 5. The molecule has 1 radical (unpaired) electrons. The smallest absolute Gasteiger partial charge is 0.0908 e. The van der Waals surface area contributed by atoms with Gasteiger partial charge >= 0.3 is 0 Å². The maximum atomic E-state index is 9.08. The molecule has 0 aromatic heterocycles. The average Bonchev–Trinajstić information content (AvgIpc) is 2.22. The summed E-state index contributed by atoms with van der Waals surface area (Å²) in [7, 11) is 0. The van der Waals surface area contributed by atoms with Gasteiger partial charge in [0.2, 0.25) is 0 Å². The van der Waals surface area contributed by atoms with Crippen LogP contribution < -0.4 is 0 Å². The minimum absolute atomic E-state index is 0. The summed E-state index contributed by atoms with van der Waals surface area (Å²) in [5.74, 6) is 0. The monoisotopic (exact) mass is 298 g/mol. The number of β-amino-alcohol motifs (C(OH)–C–C–N with tert-alkyl or cyclic N) is 2. The van der Waals surface area contributed by atoms with Gasteiger partial charge in [-0.05, 0) is 0 Å². The molecule has 89 valence electrons. The fraction of sp³-hybridized carbons (Fsp3) is 1.00. The fourth-order valence-electron chi connectivity index (χ4n) is 1.28. The summed E-state index contributed by atoms with van der Waals surface area (Å²) in [5, 5.41) is 44.7. The first-order chi connectivity index (χ1) is 6.70. The maximum absolute atomic E-state index is 9.08. The number of nitrogens with zero attached hydrogens (tertiary/aromatic N) is 1. The molecule has 0 aliphatic heterocycles. The summed E-state index contributed by atoms with van der Waals surface area (Å²) >= 11 is 0. The standard InChI is InChI=1S/C8H19NO5.Y/c10-3-1-9(2-4-11)8(5-12,6-13)7-14;/h10-14H,1-7H2;. The van der Waals surface area contributed by atoms with Gasteiger partial charge < -0.3 is 25.5 Å². The first-order valence-corrected chi connectivity index (χ1v) is 4.50. The summed E-state index contributed by atoms with van der Waals surface area (Å²) in [4.78, 5) is 1.47. The molecule has 0 saturated carbocycles. The Kier molecular flexibility index (Phi) is 12.2. The molecule has 0 aromatic rings. The van der Waals surface area contributed by atoms with Gasteiger partial charge in [0.25, 0.3) is 0 Å². The van der Waals surface area contributed by atoms with Crippen molar-refractivity contribution >= 4 is 0 Å². The van der Waals surface area contributed by atoms with E-state index >= 15 is 0 Å². The van der Waals surface area contributed by atoms with E-state index in [1.54, 1.807) is 0 Å². The van der Waals surface area contributed by atoms with Crippen molar-refractivity contribution in [2.24, 2.45) is 0 Å². The van der Waals surface area contributed by atoms with E-state index in [2.05, 4.69) is 0 Å². The van der Waals surface area contributed by atoms with Crippen molar-refractivity contribution < 1.29 is 58.2 Å². The molecule has 0 fully saturated rings. The molecule has 0 saturated heterocycles. The summed E-state index contributed by atoms with van der Waals surface area (Å²) < 4.78 is 0. The second-order valence-corrected chi connectivity index (χ2v) is 3.13. The molecule has 5 N–H and O–H groups in total. The van der Waals surface area contributed by atoms with Gasteiger partial charge in [0, 0.05) is 45.8 Å². The van der Waals surface area contributed by atoms with Crippen LogP contribution >= 0.6 is 0 Å². The van der Waals surface area contributed by atoms with Gasteiger partial charge in [-0.1, -0.05) is 0 Å². The van der Waals surface area contributed by atoms with Crippen molar-refractivity contribution in [3.8, 4) is 0 Å². The summed E-state index contributed by atoms with van der Waals surface area (Å²) in [6, 6.07) is 0. The zero-order valence-electron chi connectivity index (χ0n) is 8.71. The first kappa shape index (κ1) is 18.2. The molecule has 0 unspecified atom stereocenters. The van der Waals surface area contributed by atoms with Crippen molar-refractivity contribution in [2.45, 2.75) is 5.54 Å². The van der Waals surface area contributed by atoms with Crippen LogP contribution in [-0.4, -0.2) is 82.1 Å². The van der Waals surface area contributed by atoms with Crippen LogP contribution in [-0.2, 0) is 32.7 Å². The van der Waals surface area contributed by atoms with E-state index in [1.165, 1.54) is 4.90 Å². The molecule has 0 heterocycles.